The van der Waals surface area contributed by atoms with Gasteiger partial charge in [-0.1, -0.05) is 0 Å². The van der Waals surface area contributed by atoms with Gasteiger partial charge >= 0.3 is 0 Å². The molecule has 0 bridgehead atoms. The summed E-state index contributed by atoms with van der Waals surface area (Å²) in [7, 11) is 2.15. The number of ether oxygens (including phenoxy) is 2. The van der Waals surface area contributed by atoms with E-state index in [1.165, 1.54) is 0 Å². The Morgan fingerprint density at radius 1 is 1.42 bits per heavy atom. The molecule has 12 heavy (non-hydrogen) atoms. The van der Waals surface area contributed by atoms with Crippen molar-refractivity contribution in [2.45, 2.75) is 25.0 Å². The van der Waals surface area contributed by atoms with Gasteiger partial charge in [-0.25, -0.2) is 0 Å². The Bertz CT molecular complexity index is 154. The topological polar surface area (TPSA) is 21.7 Å². The fraction of sp³-hybridized carbons (Fsp3) is 1.00. The summed E-state index contributed by atoms with van der Waals surface area (Å²) in [6.45, 7) is 5.57. The zero-order chi connectivity index (χ0) is 8.60. The molecule has 0 radical (unpaired) electrons. The summed E-state index contributed by atoms with van der Waals surface area (Å²) in [5, 5.41) is 0. The fourth-order valence-electron chi connectivity index (χ4n) is 2.20. The highest BCUT2D eigenvalue weighted by atomic mass is 16.6. The molecule has 2 fully saturated rings. The maximum Gasteiger partial charge on any atom is 0.106 e. The van der Waals surface area contributed by atoms with Crippen LogP contribution >= 0.6 is 0 Å². The third-order valence-electron chi connectivity index (χ3n) is 2.96. The molecular weight excluding hydrogens is 154 g/mol. The predicted molar refractivity (Wildman–Crippen MR) is 46.2 cm³/mol. The average molecular weight is 171 g/mol. The molecule has 2 atom stereocenters. The molecule has 0 aromatic heterocycles. The predicted octanol–water partition coefficient (Wildman–Crippen LogP) is 0.496. The van der Waals surface area contributed by atoms with Gasteiger partial charge in [0.05, 0.1) is 19.8 Å². The summed E-state index contributed by atoms with van der Waals surface area (Å²) in [6.07, 6.45) is 1.11. The van der Waals surface area contributed by atoms with Crippen LogP contribution in [0.15, 0.2) is 0 Å². The van der Waals surface area contributed by atoms with Gasteiger partial charge in [0, 0.05) is 12.6 Å². The van der Waals surface area contributed by atoms with Gasteiger partial charge in [-0.3, -0.25) is 0 Å². The molecule has 0 aliphatic carbocycles. The normalized spacial score (nSPS) is 44.0. The molecule has 0 aromatic carbocycles. The standard InChI is InChI=1S/C9H17NO2/c1-8-5-9(6-10(8)2)7-11-3-4-12-9/h8H,3-7H2,1-2H3. The lowest BCUT2D eigenvalue weighted by Crippen LogP contribution is -2.44. The van der Waals surface area contributed by atoms with E-state index in [4.69, 9.17) is 9.47 Å². The third-order valence-corrected chi connectivity index (χ3v) is 2.96. The number of likely N-dealkylation sites (tertiary alicyclic amines) is 1. The van der Waals surface area contributed by atoms with Crippen LogP contribution in [0.4, 0.5) is 0 Å². The van der Waals surface area contributed by atoms with Crippen molar-refractivity contribution in [2.75, 3.05) is 33.4 Å². The number of likely N-dealkylation sites (N-methyl/N-ethyl adjacent to an activating group) is 1. The first-order valence-electron chi connectivity index (χ1n) is 4.64. The minimum Gasteiger partial charge on any atom is -0.376 e. The van der Waals surface area contributed by atoms with Crippen LogP contribution in [-0.2, 0) is 9.47 Å². The summed E-state index contributed by atoms with van der Waals surface area (Å²) in [5.74, 6) is 0. The molecule has 0 saturated carbocycles. The van der Waals surface area contributed by atoms with Crippen molar-refractivity contribution >= 4 is 0 Å². The van der Waals surface area contributed by atoms with Crippen LogP contribution < -0.4 is 0 Å². The second-order valence-corrected chi connectivity index (χ2v) is 4.05. The van der Waals surface area contributed by atoms with Crippen molar-refractivity contribution in [3.8, 4) is 0 Å². The molecule has 3 nitrogen and oxygen atoms in total. The first kappa shape index (κ1) is 8.48. The Labute approximate surface area is 73.6 Å². The molecule has 2 unspecified atom stereocenters. The van der Waals surface area contributed by atoms with Gasteiger partial charge in [-0.05, 0) is 20.4 Å². The van der Waals surface area contributed by atoms with E-state index >= 15 is 0 Å². The Kier molecular flexibility index (Phi) is 2.10. The second-order valence-electron chi connectivity index (χ2n) is 4.05. The van der Waals surface area contributed by atoms with Crippen LogP contribution in [0.1, 0.15) is 13.3 Å². The number of nitrogens with zero attached hydrogens (tertiary/aromatic N) is 1. The smallest absolute Gasteiger partial charge is 0.106 e. The van der Waals surface area contributed by atoms with Gasteiger partial charge < -0.3 is 14.4 Å². The maximum atomic E-state index is 5.80. The molecule has 0 N–H and O–H groups in total. The SMILES string of the molecule is CC1CC2(COCCO2)CN1C. The zero-order valence-electron chi connectivity index (χ0n) is 7.88. The average Bonchev–Trinajstić information content (AvgIpc) is 2.29. The lowest BCUT2D eigenvalue weighted by molar-refractivity contribution is -0.149. The van der Waals surface area contributed by atoms with Crippen LogP contribution in [0, 0.1) is 0 Å². The quantitative estimate of drug-likeness (QED) is 0.529. The highest BCUT2D eigenvalue weighted by Crippen LogP contribution is 2.31. The molecular formula is C9H17NO2. The van der Waals surface area contributed by atoms with E-state index in [2.05, 4.69) is 18.9 Å². The Morgan fingerprint density at radius 3 is 2.75 bits per heavy atom. The third kappa shape index (κ3) is 1.37. The first-order chi connectivity index (χ1) is 5.72. The van der Waals surface area contributed by atoms with Gasteiger partial charge in [-0.2, -0.15) is 0 Å². The van der Waals surface area contributed by atoms with E-state index in [1.54, 1.807) is 0 Å². The van der Waals surface area contributed by atoms with Crippen molar-refractivity contribution in [1.29, 1.82) is 0 Å². The van der Waals surface area contributed by atoms with E-state index in [-0.39, 0.29) is 5.60 Å². The molecule has 2 aliphatic heterocycles. The van der Waals surface area contributed by atoms with Gasteiger partial charge in [0.25, 0.3) is 0 Å². The second kappa shape index (κ2) is 2.98. The number of hydrogen-bond acceptors (Lipinski definition) is 3. The monoisotopic (exact) mass is 171 g/mol. The van der Waals surface area contributed by atoms with Crippen molar-refractivity contribution in [3.63, 3.8) is 0 Å². The van der Waals surface area contributed by atoms with Gasteiger partial charge in [0.15, 0.2) is 0 Å². The molecule has 2 heterocycles. The minimum atomic E-state index is 0.0203. The van der Waals surface area contributed by atoms with Crippen LogP contribution in [-0.4, -0.2) is 50.0 Å². The van der Waals surface area contributed by atoms with Crippen molar-refractivity contribution in [3.05, 3.63) is 0 Å². The van der Waals surface area contributed by atoms with Crippen LogP contribution in [0.5, 0.6) is 0 Å². The van der Waals surface area contributed by atoms with E-state index < -0.39 is 0 Å². The summed E-state index contributed by atoms with van der Waals surface area (Å²) < 4.78 is 11.3. The lowest BCUT2D eigenvalue weighted by Gasteiger charge is -2.33. The molecule has 70 valence electrons. The largest absolute Gasteiger partial charge is 0.376 e. The fourth-order valence-corrected chi connectivity index (χ4v) is 2.20. The van der Waals surface area contributed by atoms with E-state index in [1.807, 2.05) is 0 Å². The van der Waals surface area contributed by atoms with Gasteiger partial charge in [0.1, 0.15) is 5.60 Å². The van der Waals surface area contributed by atoms with Crippen LogP contribution in [0.2, 0.25) is 0 Å². The number of hydrogen-bond donors (Lipinski definition) is 0. The van der Waals surface area contributed by atoms with Crippen LogP contribution in [0.25, 0.3) is 0 Å². The molecule has 0 aromatic rings. The minimum absolute atomic E-state index is 0.0203. The molecule has 2 saturated heterocycles. The van der Waals surface area contributed by atoms with Crippen molar-refractivity contribution in [1.82, 2.24) is 4.90 Å². The summed E-state index contributed by atoms with van der Waals surface area (Å²) >= 11 is 0. The maximum absolute atomic E-state index is 5.80. The zero-order valence-corrected chi connectivity index (χ0v) is 7.88. The van der Waals surface area contributed by atoms with Crippen LogP contribution in [0.3, 0.4) is 0 Å². The Morgan fingerprint density at radius 2 is 2.25 bits per heavy atom. The molecule has 0 amide bonds. The molecule has 2 aliphatic rings. The first-order valence-corrected chi connectivity index (χ1v) is 4.64. The number of rotatable bonds is 0. The summed E-state index contributed by atoms with van der Waals surface area (Å²) in [4.78, 5) is 2.34. The Hall–Kier alpha value is -0.120. The highest BCUT2D eigenvalue weighted by Gasteiger charge is 2.43. The van der Waals surface area contributed by atoms with E-state index in [0.29, 0.717) is 6.04 Å². The van der Waals surface area contributed by atoms with E-state index in [0.717, 1.165) is 32.8 Å². The summed E-state index contributed by atoms with van der Waals surface area (Å²) in [5.41, 5.74) is 0.0203. The summed E-state index contributed by atoms with van der Waals surface area (Å²) in [6, 6.07) is 0.631. The van der Waals surface area contributed by atoms with Gasteiger partial charge in [-0.15, -0.1) is 0 Å². The Balaban J connectivity index is 2.02. The molecule has 3 heteroatoms. The molecule has 1 spiro atoms. The van der Waals surface area contributed by atoms with Crippen molar-refractivity contribution < 1.29 is 9.47 Å². The van der Waals surface area contributed by atoms with Crippen molar-refractivity contribution in [2.24, 2.45) is 0 Å². The molecule has 2 rings (SSSR count). The van der Waals surface area contributed by atoms with E-state index in [9.17, 15) is 0 Å². The lowest BCUT2D eigenvalue weighted by atomic mass is 10.0. The van der Waals surface area contributed by atoms with Gasteiger partial charge in [0.2, 0.25) is 0 Å². The highest BCUT2D eigenvalue weighted by molar-refractivity contribution is 4.96.